The smallest absolute Gasteiger partial charge is 0.242 e. The summed E-state index contributed by atoms with van der Waals surface area (Å²) < 4.78 is 5.65. The van der Waals surface area contributed by atoms with E-state index >= 15 is 0 Å². The van der Waals surface area contributed by atoms with Crippen molar-refractivity contribution in [3.05, 3.63) is 24.2 Å². The topological polar surface area (TPSA) is 64.3 Å². The Morgan fingerprint density at radius 2 is 1.81 bits per heavy atom. The first-order valence-corrected chi connectivity index (χ1v) is 10.1. The first-order chi connectivity index (χ1) is 13.0. The van der Waals surface area contributed by atoms with Crippen molar-refractivity contribution >= 4 is 11.9 Å². The van der Waals surface area contributed by atoms with Crippen molar-refractivity contribution in [2.75, 3.05) is 52.9 Å². The molecule has 1 N–H and O–H groups in total. The van der Waals surface area contributed by atoms with Crippen LogP contribution in [0, 0.1) is 0 Å². The van der Waals surface area contributed by atoms with Gasteiger partial charge in [-0.15, -0.1) is 0 Å². The van der Waals surface area contributed by atoms with E-state index in [1.54, 1.807) is 6.26 Å². The van der Waals surface area contributed by atoms with Crippen molar-refractivity contribution in [1.29, 1.82) is 0 Å². The minimum Gasteiger partial charge on any atom is -0.468 e. The van der Waals surface area contributed by atoms with Gasteiger partial charge in [0.1, 0.15) is 5.76 Å². The molecule has 7 heteroatoms. The van der Waals surface area contributed by atoms with Gasteiger partial charge in [-0.1, -0.05) is 13.8 Å². The fourth-order valence-electron chi connectivity index (χ4n) is 3.13. The van der Waals surface area contributed by atoms with Gasteiger partial charge in [-0.05, 0) is 46.0 Å². The zero-order valence-corrected chi connectivity index (χ0v) is 17.9. The summed E-state index contributed by atoms with van der Waals surface area (Å²) >= 11 is 0. The fraction of sp³-hybridized carbons (Fsp3) is 0.700. The Bertz CT molecular complexity index is 551. The van der Waals surface area contributed by atoms with Crippen LogP contribution in [0.25, 0.3) is 0 Å². The van der Waals surface area contributed by atoms with Crippen molar-refractivity contribution in [2.45, 2.75) is 40.7 Å². The molecule has 1 aromatic heterocycles. The highest BCUT2D eigenvalue weighted by atomic mass is 16.3. The number of nitrogens with zero attached hydrogens (tertiary/aromatic N) is 4. The normalized spacial score (nSPS) is 12.9. The third kappa shape index (κ3) is 6.90. The highest BCUT2D eigenvalue weighted by Crippen LogP contribution is 2.21. The van der Waals surface area contributed by atoms with E-state index in [0.29, 0.717) is 13.1 Å². The molecule has 1 rings (SSSR count). The maximum atomic E-state index is 12.4. The molecule has 1 amide bonds. The predicted molar refractivity (Wildman–Crippen MR) is 111 cm³/mol. The van der Waals surface area contributed by atoms with Crippen LogP contribution < -0.4 is 5.32 Å². The average Bonchev–Trinajstić information content (AvgIpc) is 3.19. The third-order valence-electron chi connectivity index (χ3n) is 4.72. The van der Waals surface area contributed by atoms with Crippen LogP contribution in [-0.2, 0) is 4.79 Å². The SMILES string of the molecule is CCNC(=NCC(c1ccco1)N(CC)CC)N(C)CC(=O)N(CC)CC. The van der Waals surface area contributed by atoms with Crippen LogP contribution in [0.4, 0.5) is 0 Å². The van der Waals surface area contributed by atoms with E-state index in [2.05, 4.69) is 24.1 Å². The van der Waals surface area contributed by atoms with Crippen molar-refractivity contribution < 1.29 is 9.21 Å². The van der Waals surface area contributed by atoms with E-state index in [4.69, 9.17) is 9.41 Å². The molecule has 1 heterocycles. The maximum absolute atomic E-state index is 12.4. The molecule has 154 valence electrons. The maximum Gasteiger partial charge on any atom is 0.242 e. The van der Waals surface area contributed by atoms with Gasteiger partial charge in [-0.2, -0.15) is 0 Å². The van der Waals surface area contributed by atoms with Gasteiger partial charge in [-0.25, -0.2) is 0 Å². The van der Waals surface area contributed by atoms with Crippen LogP contribution in [0.3, 0.4) is 0 Å². The average molecular weight is 380 g/mol. The number of carbonyl (C=O) groups is 1. The monoisotopic (exact) mass is 379 g/mol. The lowest BCUT2D eigenvalue weighted by atomic mass is 10.2. The van der Waals surface area contributed by atoms with Crippen LogP contribution in [0.2, 0.25) is 0 Å². The van der Waals surface area contributed by atoms with Crippen molar-refractivity contribution in [1.82, 2.24) is 20.0 Å². The van der Waals surface area contributed by atoms with Crippen LogP contribution in [0.5, 0.6) is 0 Å². The number of hydrogen-bond donors (Lipinski definition) is 1. The molecule has 0 aliphatic heterocycles. The number of nitrogens with one attached hydrogen (secondary N) is 1. The summed E-state index contributed by atoms with van der Waals surface area (Å²) in [7, 11) is 1.90. The summed E-state index contributed by atoms with van der Waals surface area (Å²) in [5, 5.41) is 3.29. The molecule has 0 spiro atoms. The quantitative estimate of drug-likeness (QED) is 0.473. The molecule has 0 aliphatic carbocycles. The second-order valence-corrected chi connectivity index (χ2v) is 6.37. The lowest BCUT2D eigenvalue weighted by Crippen LogP contribution is -2.46. The molecule has 0 aliphatic rings. The Hall–Kier alpha value is -2.02. The van der Waals surface area contributed by atoms with Gasteiger partial charge in [-0.3, -0.25) is 14.7 Å². The Labute approximate surface area is 164 Å². The minimum atomic E-state index is 0.0792. The van der Waals surface area contributed by atoms with Gasteiger partial charge < -0.3 is 19.5 Å². The summed E-state index contributed by atoms with van der Waals surface area (Å²) in [4.78, 5) is 23.3. The molecule has 7 nitrogen and oxygen atoms in total. The zero-order valence-electron chi connectivity index (χ0n) is 17.9. The highest BCUT2D eigenvalue weighted by Gasteiger charge is 2.21. The van der Waals surface area contributed by atoms with E-state index in [-0.39, 0.29) is 11.9 Å². The molecule has 0 saturated carbocycles. The molecular weight excluding hydrogens is 342 g/mol. The van der Waals surface area contributed by atoms with E-state index < -0.39 is 0 Å². The number of amides is 1. The molecule has 0 radical (unpaired) electrons. The van der Waals surface area contributed by atoms with E-state index in [0.717, 1.165) is 44.4 Å². The van der Waals surface area contributed by atoms with Gasteiger partial charge >= 0.3 is 0 Å². The number of furan rings is 1. The lowest BCUT2D eigenvalue weighted by molar-refractivity contribution is -0.131. The Balaban J connectivity index is 2.92. The Morgan fingerprint density at radius 1 is 1.15 bits per heavy atom. The molecule has 27 heavy (non-hydrogen) atoms. The molecule has 1 aromatic rings. The van der Waals surface area contributed by atoms with Crippen molar-refractivity contribution in [3.63, 3.8) is 0 Å². The zero-order chi connectivity index (χ0) is 20.2. The standard InChI is InChI=1S/C20H37N5O2/c1-7-21-20(23(6)16-19(26)25(10-4)11-5)22-15-17(24(8-2)9-3)18-13-12-14-27-18/h12-14,17H,7-11,15-16H2,1-6H3,(H,21,22). The minimum absolute atomic E-state index is 0.0792. The summed E-state index contributed by atoms with van der Waals surface area (Å²) in [6.45, 7) is 15.2. The number of hydrogen-bond acceptors (Lipinski definition) is 4. The molecule has 0 bridgehead atoms. The molecule has 0 fully saturated rings. The van der Waals surface area contributed by atoms with E-state index in [9.17, 15) is 4.79 Å². The van der Waals surface area contributed by atoms with Crippen molar-refractivity contribution in [3.8, 4) is 0 Å². The first kappa shape index (κ1) is 23.0. The van der Waals surface area contributed by atoms with E-state index in [1.165, 1.54) is 0 Å². The van der Waals surface area contributed by atoms with Gasteiger partial charge in [0.2, 0.25) is 5.91 Å². The summed E-state index contributed by atoms with van der Waals surface area (Å²) in [5.41, 5.74) is 0. The second-order valence-electron chi connectivity index (χ2n) is 6.37. The number of aliphatic imine (C=N–C) groups is 1. The van der Waals surface area contributed by atoms with Crippen LogP contribution in [0.15, 0.2) is 27.8 Å². The van der Waals surface area contributed by atoms with E-state index in [1.807, 2.05) is 49.8 Å². The first-order valence-electron chi connectivity index (χ1n) is 10.1. The molecular formula is C20H37N5O2. The predicted octanol–water partition coefficient (Wildman–Crippen LogP) is 2.43. The van der Waals surface area contributed by atoms with Crippen molar-refractivity contribution in [2.24, 2.45) is 4.99 Å². The molecule has 0 saturated heterocycles. The van der Waals surface area contributed by atoms with Gasteiger partial charge in [0, 0.05) is 26.7 Å². The Morgan fingerprint density at radius 3 is 2.30 bits per heavy atom. The largest absolute Gasteiger partial charge is 0.468 e. The number of carbonyl (C=O) groups excluding carboxylic acids is 1. The van der Waals surface area contributed by atoms with Crippen LogP contribution in [0.1, 0.15) is 46.4 Å². The molecule has 0 aromatic carbocycles. The summed E-state index contributed by atoms with van der Waals surface area (Å²) in [5.74, 6) is 1.77. The van der Waals surface area contributed by atoms with Crippen LogP contribution >= 0.6 is 0 Å². The third-order valence-corrected chi connectivity index (χ3v) is 4.72. The number of rotatable bonds is 11. The number of guanidine groups is 1. The second kappa shape index (κ2) is 12.4. The fourth-order valence-corrected chi connectivity index (χ4v) is 3.13. The van der Waals surface area contributed by atoms with Gasteiger partial charge in [0.15, 0.2) is 5.96 Å². The summed E-state index contributed by atoms with van der Waals surface area (Å²) in [6.07, 6.45) is 1.70. The van der Waals surface area contributed by atoms with Gasteiger partial charge in [0.05, 0.1) is 25.4 Å². The van der Waals surface area contributed by atoms with Crippen LogP contribution in [-0.4, -0.2) is 79.4 Å². The molecule has 1 atom stereocenters. The number of likely N-dealkylation sites (N-methyl/N-ethyl adjacent to an activating group) is 3. The van der Waals surface area contributed by atoms with Gasteiger partial charge in [0.25, 0.3) is 0 Å². The molecule has 1 unspecified atom stereocenters. The highest BCUT2D eigenvalue weighted by molar-refractivity contribution is 5.86. The Kier molecular flexibility index (Phi) is 10.6. The summed E-state index contributed by atoms with van der Waals surface area (Å²) in [6, 6.07) is 3.99. The lowest BCUT2D eigenvalue weighted by Gasteiger charge is -2.28.